The number of aromatic amines is 1. The van der Waals surface area contributed by atoms with Crippen LogP contribution < -0.4 is 4.74 Å². The molecule has 0 aliphatic rings. The zero-order chi connectivity index (χ0) is 18.5. The molecule has 0 unspecified atom stereocenters. The lowest BCUT2D eigenvalue weighted by molar-refractivity contribution is 0.299. The topological polar surface area (TPSA) is 55.2 Å². The summed E-state index contributed by atoms with van der Waals surface area (Å²) in [4.78, 5) is 0. The maximum Gasteiger partial charge on any atom is 0.216 e. The molecule has 0 radical (unpaired) electrons. The highest BCUT2D eigenvalue weighted by Gasteiger charge is 2.09. The fraction of sp³-hybridized carbons (Fsp3) is 0.167. The third-order valence-electron chi connectivity index (χ3n) is 3.70. The summed E-state index contributed by atoms with van der Waals surface area (Å²) in [5, 5.41) is 11.5. The molecule has 0 aliphatic carbocycles. The lowest BCUT2D eigenvalue weighted by Gasteiger charge is -2.10. The molecule has 2 aromatic carbocycles. The Balaban J connectivity index is 1.84. The van der Waals surface area contributed by atoms with E-state index in [2.05, 4.69) is 15.3 Å². The minimum absolute atomic E-state index is 0.0156. The predicted molar refractivity (Wildman–Crippen MR) is 102 cm³/mol. The highest BCUT2D eigenvalue weighted by molar-refractivity contribution is 7.71. The first-order valence-corrected chi connectivity index (χ1v) is 8.74. The van der Waals surface area contributed by atoms with Gasteiger partial charge in [-0.2, -0.15) is 14.9 Å². The van der Waals surface area contributed by atoms with E-state index in [0.717, 1.165) is 11.4 Å². The van der Waals surface area contributed by atoms with Crippen LogP contribution in [0.25, 0.3) is 0 Å². The summed E-state index contributed by atoms with van der Waals surface area (Å²) in [7, 11) is 0. The second kappa shape index (κ2) is 8.25. The number of rotatable bonds is 6. The van der Waals surface area contributed by atoms with Gasteiger partial charge in [0.1, 0.15) is 18.2 Å². The van der Waals surface area contributed by atoms with Crippen LogP contribution >= 0.6 is 23.8 Å². The molecular formula is C18H16ClFN4OS. The molecule has 0 spiro atoms. The highest BCUT2D eigenvalue weighted by Crippen LogP contribution is 2.23. The number of aryl methyl sites for hydroxylation is 1. The first-order valence-electron chi connectivity index (χ1n) is 7.95. The van der Waals surface area contributed by atoms with Crippen molar-refractivity contribution in [2.45, 2.75) is 20.0 Å². The number of para-hydroxylation sites is 1. The van der Waals surface area contributed by atoms with Crippen LogP contribution in [0.3, 0.4) is 0 Å². The Hall–Kier alpha value is -2.51. The van der Waals surface area contributed by atoms with Gasteiger partial charge in [0.05, 0.1) is 11.2 Å². The number of aromatic nitrogens is 3. The summed E-state index contributed by atoms with van der Waals surface area (Å²) in [6.07, 6.45) is 2.32. The summed E-state index contributed by atoms with van der Waals surface area (Å²) in [5.41, 5.74) is 1.04. The average Bonchev–Trinajstić information content (AvgIpc) is 3.00. The van der Waals surface area contributed by atoms with Crippen LogP contribution in [0.5, 0.6) is 5.75 Å². The minimum Gasteiger partial charge on any atom is -0.488 e. The van der Waals surface area contributed by atoms with Gasteiger partial charge in [0.2, 0.25) is 4.77 Å². The second-order valence-corrected chi connectivity index (χ2v) is 6.18. The first-order chi connectivity index (χ1) is 12.6. The Morgan fingerprint density at radius 2 is 2.12 bits per heavy atom. The van der Waals surface area contributed by atoms with Crippen LogP contribution in [0.2, 0.25) is 5.02 Å². The molecule has 0 aliphatic heterocycles. The van der Waals surface area contributed by atoms with Crippen LogP contribution in [0.15, 0.2) is 47.6 Å². The molecule has 0 atom stereocenters. The van der Waals surface area contributed by atoms with E-state index in [1.54, 1.807) is 29.1 Å². The molecule has 1 aromatic heterocycles. The van der Waals surface area contributed by atoms with Gasteiger partial charge < -0.3 is 4.74 Å². The molecule has 134 valence electrons. The van der Waals surface area contributed by atoms with Crippen molar-refractivity contribution in [2.75, 3.05) is 0 Å². The van der Waals surface area contributed by atoms with Crippen LogP contribution in [-0.4, -0.2) is 21.1 Å². The van der Waals surface area contributed by atoms with Gasteiger partial charge in [-0.25, -0.2) is 4.39 Å². The number of ether oxygens (including phenoxy) is 1. The molecule has 5 nitrogen and oxygen atoms in total. The van der Waals surface area contributed by atoms with Gasteiger partial charge in [-0.15, -0.1) is 0 Å². The molecule has 26 heavy (non-hydrogen) atoms. The summed E-state index contributed by atoms with van der Waals surface area (Å²) >= 11 is 11.2. The number of nitrogens with zero attached hydrogens (tertiary/aromatic N) is 3. The number of nitrogens with one attached hydrogen (secondary N) is 1. The molecule has 0 bridgehead atoms. The van der Waals surface area contributed by atoms with Crippen LogP contribution in [0, 0.1) is 10.6 Å². The molecule has 0 amide bonds. The van der Waals surface area contributed by atoms with Crippen molar-refractivity contribution in [2.24, 2.45) is 5.10 Å². The molecule has 0 saturated heterocycles. The molecule has 3 rings (SSSR count). The first kappa shape index (κ1) is 18.3. The maximum atomic E-state index is 13.9. The van der Waals surface area contributed by atoms with E-state index in [1.807, 2.05) is 25.1 Å². The Bertz CT molecular complexity index is 979. The van der Waals surface area contributed by atoms with E-state index in [9.17, 15) is 4.39 Å². The van der Waals surface area contributed by atoms with Crippen LogP contribution in [0.4, 0.5) is 4.39 Å². The summed E-state index contributed by atoms with van der Waals surface area (Å²) in [6.45, 7) is 1.98. The molecule has 3 aromatic rings. The third kappa shape index (κ3) is 4.00. The van der Waals surface area contributed by atoms with Gasteiger partial charge in [-0.05, 0) is 36.5 Å². The van der Waals surface area contributed by atoms with Crippen molar-refractivity contribution < 1.29 is 9.13 Å². The van der Waals surface area contributed by atoms with E-state index in [1.165, 1.54) is 6.07 Å². The van der Waals surface area contributed by atoms with Gasteiger partial charge >= 0.3 is 0 Å². The standard InChI is InChI=1S/C18H16ClFN4OS/c1-2-17-22-23-18(26)24(17)21-10-12-6-3-4-9-16(12)25-11-13-14(19)7-5-8-15(13)20/h3-10H,2,11H2,1H3,(H,23,26)/b21-10+. The largest absolute Gasteiger partial charge is 0.488 e. The van der Waals surface area contributed by atoms with Crippen molar-refractivity contribution in [1.82, 2.24) is 14.9 Å². The number of H-pyrrole nitrogens is 1. The van der Waals surface area contributed by atoms with Crippen molar-refractivity contribution >= 4 is 30.0 Å². The molecular weight excluding hydrogens is 375 g/mol. The minimum atomic E-state index is -0.402. The third-order valence-corrected chi connectivity index (χ3v) is 4.32. The molecule has 8 heteroatoms. The van der Waals surface area contributed by atoms with Crippen molar-refractivity contribution in [3.05, 3.63) is 75.0 Å². The molecule has 0 saturated carbocycles. The molecule has 1 N–H and O–H groups in total. The lowest BCUT2D eigenvalue weighted by Crippen LogP contribution is -2.02. The number of benzene rings is 2. The van der Waals surface area contributed by atoms with Crippen molar-refractivity contribution in [3.8, 4) is 5.75 Å². The summed E-state index contributed by atoms with van der Waals surface area (Å²) in [6, 6.07) is 11.9. The predicted octanol–water partition coefficient (Wildman–Crippen LogP) is 4.76. The fourth-order valence-corrected chi connectivity index (χ4v) is 2.75. The molecule has 0 fully saturated rings. The van der Waals surface area contributed by atoms with E-state index < -0.39 is 5.82 Å². The van der Waals surface area contributed by atoms with E-state index >= 15 is 0 Å². The van der Waals surface area contributed by atoms with Crippen LogP contribution in [-0.2, 0) is 13.0 Å². The Morgan fingerprint density at radius 3 is 2.88 bits per heavy atom. The van der Waals surface area contributed by atoms with Crippen LogP contribution in [0.1, 0.15) is 23.9 Å². The van der Waals surface area contributed by atoms with Gasteiger partial charge in [0.15, 0.2) is 5.82 Å². The number of halogens is 2. The van der Waals surface area contributed by atoms with E-state index in [-0.39, 0.29) is 6.61 Å². The zero-order valence-electron chi connectivity index (χ0n) is 13.9. The van der Waals surface area contributed by atoms with Crippen molar-refractivity contribution in [3.63, 3.8) is 0 Å². The second-order valence-electron chi connectivity index (χ2n) is 5.38. The summed E-state index contributed by atoms with van der Waals surface area (Å²) < 4.78 is 21.6. The Labute approximate surface area is 160 Å². The quantitative estimate of drug-likeness (QED) is 0.487. The van der Waals surface area contributed by atoms with Gasteiger partial charge in [0, 0.05) is 17.5 Å². The smallest absolute Gasteiger partial charge is 0.216 e. The highest BCUT2D eigenvalue weighted by atomic mass is 35.5. The average molecular weight is 391 g/mol. The van der Waals surface area contributed by atoms with Gasteiger partial charge in [0.25, 0.3) is 0 Å². The monoisotopic (exact) mass is 390 g/mol. The normalized spacial score (nSPS) is 11.2. The SMILES string of the molecule is CCc1n[nH]c(=S)n1/N=C/c1ccccc1OCc1c(F)cccc1Cl. The number of hydrogen-bond acceptors (Lipinski definition) is 4. The van der Waals surface area contributed by atoms with E-state index in [4.69, 9.17) is 28.6 Å². The van der Waals surface area contributed by atoms with E-state index in [0.29, 0.717) is 27.5 Å². The van der Waals surface area contributed by atoms with Gasteiger partial charge in [-0.3, -0.25) is 5.10 Å². The Morgan fingerprint density at radius 1 is 1.31 bits per heavy atom. The number of hydrogen-bond donors (Lipinski definition) is 1. The maximum absolute atomic E-state index is 13.9. The van der Waals surface area contributed by atoms with Crippen molar-refractivity contribution in [1.29, 1.82) is 0 Å². The lowest BCUT2D eigenvalue weighted by atomic mass is 10.2. The summed E-state index contributed by atoms with van der Waals surface area (Å²) in [5.74, 6) is 0.882. The molecule has 1 heterocycles. The van der Waals surface area contributed by atoms with Gasteiger partial charge in [-0.1, -0.05) is 36.7 Å². The fourth-order valence-electron chi connectivity index (χ4n) is 2.33. The zero-order valence-corrected chi connectivity index (χ0v) is 15.5. The Kier molecular flexibility index (Phi) is 5.80.